The van der Waals surface area contributed by atoms with E-state index in [1.807, 2.05) is 6.07 Å². The van der Waals surface area contributed by atoms with E-state index in [0.29, 0.717) is 10.3 Å². The lowest BCUT2D eigenvalue weighted by Gasteiger charge is -2.04. The lowest BCUT2D eigenvalue weighted by atomic mass is 10.2. The van der Waals surface area contributed by atoms with Crippen molar-refractivity contribution in [3.63, 3.8) is 0 Å². The Labute approximate surface area is 99.3 Å². The highest BCUT2D eigenvalue weighted by Crippen LogP contribution is 2.22. The SMILES string of the molecule is N#Cc1ccc(-n2cn[nH]c2=S)c(Br)c1. The molecule has 0 radical (unpaired) electrons. The van der Waals surface area contributed by atoms with E-state index >= 15 is 0 Å². The topological polar surface area (TPSA) is 57.4 Å². The van der Waals surface area contributed by atoms with Crippen LogP contribution >= 0.6 is 28.1 Å². The summed E-state index contributed by atoms with van der Waals surface area (Å²) in [6.07, 6.45) is 1.59. The molecule has 0 saturated heterocycles. The highest BCUT2D eigenvalue weighted by Gasteiger charge is 2.04. The second kappa shape index (κ2) is 3.96. The average Bonchev–Trinajstić information content (AvgIpc) is 2.64. The number of benzene rings is 1. The summed E-state index contributed by atoms with van der Waals surface area (Å²) in [4.78, 5) is 0. The van der Waals surface area contributed by atoms with E-state index in [2.05, 4.69) is 32.2 Å². The molecule has 0 unspecified atom stereocenters. The molecule has 1 heterocycles. The van der Waals surface area contributed by atoms with Crippen LogP contribution in [0.5, 0.6) is 0 Å². The summed E-state index contributed by atoms with van der Waals surface area (Å²) >= 11 is 8.43. The van der Waals surface area contributed by atoms with Crippen LogP contribution in [0.4, 0.5) is 0 Å². The van der Waals surface area contributed by atoms with Gasteiger partial charge in [-0.2, -0.15) is 10.4 Å². The van der Waals surface area contributed by atoms with E-state index in [9.17, 15) is 0 Å². The van der Waals surface area contributed by atoms with Crippen LogP contribution in [0.1, 0.15) is 5.56 Å². The van der Waals surface area contributed by atoms with Gasteiger partial charge in [-0.05, 0) is 46.3 Å². The predicted octanol–water partition coefficient (Wildman–Crippen LogP) is 2.56. The molecule has 2 rings (SSSR count). The monoisotopic (exact) mass is 280 g/mol. The molecule has 0 amide bonds. The summed E-state index contributed by atoms with van der Waals surface area (Å²) in [5, 5.41) is 15.2. The first-order chi connectivity index (χ1) is 7.22. The van der Waals surface area contributed by atoms with Gasteiger partial charge in [-0.25, -0.2) is 0 Å². The van der Waals surface area contributed by atoms with Crippen LogP contribution in [-0.4, -0.2) is 14.8 Å². The maximum atomic E-state index is 8.72. The highest BCUT2D eigenvalue weighted by molar-refractivity contribution is 9.10. The molecular weight excluding hydrogens is 276 g/mol. The van der Waals surface area contributed by atoms with Gasteiger partial charge in [-0.15, -0.1) is 0 Å². The number of hydrogen-bond donors (Lipinski definition) is 1. The lowest BCUT2D eigenvalue weighted by molar-refractivity contribution is 1.02. The molecule has 2 aromatic rings. The molecule has 15 heavy (non-hydrogen) atoms. The standard InChI is InChI=1S/C9H5BrN4S/c10-7-3-6(4-11)1-2-8(7)14-5-12-13-9(14)15/h1-3,5H,(H,13,15). The molecular formula is C9H5BrN4S. The van der Waals surface area contributed by atoms with Crippen LogP contribution in [0.15, 0.2) is 29.0 Å². The second-order valence-electron chi connectivity index (χ2n) is 2.81. The number of halogens is 1. The Bertz CT molecular complexity index is 593. The smallest absolute Gasteiger partial charge is 0.199 e. The molecule has 0 aliphatic heterocycles. The molecule has 74 valence electrons. The molecule has 1 N–H and O–H groups in total. The van der Waals surface area contributed by atoms with Gasteiger partial charge in [0.15, 0.2) is 4.77 Å². The summed E-state index contributed by atoms with van der Waals surface area (Å²) in [7, 11) is 0. The van der Waals surface area contributed by atoms with E-state index in [4.69, 9.17) is 17.5 Å². The fraction of sp³-hybridized carbons (Fsp3) is 0. The van der Waals surface area contributed by atoms with Crippen molar-refractivity contribution in [1.82, 2.24) is 14.8 Å². The van der Waals surface area contributed by atoms with Crippen LogP contribution in [-0.2, 0) is 0 Å². The Hall–Kier alpha value is -1.45. The number of nitrogens with one attached hydrogen (secondary N) is 1. The number of aromatic nitrogens is 3. The first kappa shape index (κ1) is 10.1. The minimum atomic E-state index is 0.514. The van der Waals surface area contributed by atoms with Crippen LogP contribution in [0.3, 0.4) is 0 Å². The normalized spacial score (nSPS) is 9.87. The van der Waals surface area contributed by atoms with Crippen LogP contribution < -0.4 is 0 Å². The Morgan fingerprint density at radius 2 is 2.33 bits per heavy atom. The highest BCUT2D eigenvalue weighted by atomic mass is 79.9. The summed E-state index contributed by atoms with van der Waals surface area (Å²) in [5.74, 6) is 0. The number of nitriles is 1. The fourth-order valence-corrected chi connectivity index (χ4v) is 1.96. The van der Waals surface area contributed by atoms with Gasteiger partial charge < -0.3 is 0 Å². The van der Waals surface area contributed by atoms with Crippen molar-refractivity contribution >= 4 is 28.1 Å². The second-order valence-corrected chi connectivity index (χ2v) is 4.05. The molecule has 1 aromatic heterocycles. The summed E-state index contributed by atoms with van der Waals surface area (Å²) in [6.45, 7) is 0. The summed E-state index contributed by atoms with van der Waals surface area (Å²) < 4.78 is 3.04. The lowest BCUT2D eigenvalue weighted by Crippen LogP contribution is -1.93. The fourth-order valence-electron chi connectivity index (χ4n) is 1.19. The van der Waals surface area contributed by atoms with Gasteiger partial charge in [0, 0.05) is 4.47 Å². The first-order valence-corrected chi connectivity index (χ1v) is 5.24. The number of rotatable bonds is 1. The predicted molar refractivity (Wildman–Crippen MR) is 61.2 cm³/mol. The zero-order valence-corrected chi connectivity index (χ0v) is 9.84. The number of nitrogens with zero attached hydrogens (tertiary/aromatic N) is 3. The maximum absolute atomic E-state index is 8.72. The Kier molecular flexibility index (Phi) is 2.66. The molecule has 0 aliphatic carbocycles. The van der Waals surface area contributed by atoms with Gasteiger partial charge in [0.05, 0.1) is 17.3 Å². The van der Waals surface area contributed by atoms with Crippen LogP contribution in [0.2, 0.25) is 0 Å². The van der Waals surface area contributed by atoms with Crippen molar-refractivity contribution in [3.8, 4) is 11.8 Å². The average molecular weight is 281 g/mol. The molecule has 6 heteroatoms. The van der Waals surface area contributed by atoms with Gasteiger partial charge in [0.1, 0.15) is 6.33 Å². The van der Waals surface area contributed by atoms with Gasteiger partial charge >= 0.3 is 0 Å². The van der Waals surface area contributed by atoms with Gasteiger partial charge in [-0.3, -0.25) is 9.67 Å². The van der Waals surface area contributed by atoms with Crippen molar-refractivity contribution in [1.29, 1.82) is 5.26 Å². The quantitative estimate of drug-likeness (QED) is 0.817. The molecule has 4 nitrogen and oxygen atoms in total. The third-order valence-electron chi connectivity index (χ3n) is 1.89. The van der Waals surface area contributed by atoms with E-state index < -0.39 is 0 Å². The largest absolute Gasteiger partial charge is 0.274 e. The molecule has 0 fully saturated rings. The van der Waals surface area contributed by atoms with Crippen molar-refractivity contribution in [2.45, 2.75) is 0 Å². The summed E-state index contributed by atoms with van der Waals surface area (Å²) in [5.41, 5.74) is 1.45. The van der Waals surface area contributed by atoms with Crippen molar-refractivity contribution in [2.24, 2.45) is 0 Å². The molecule has 0 bridgehead atoms. The van der Waals surface area contributed by atoms with Gasteiger partial charge in [0.2, 0.25) is 0 Å². The van der Waals surface area contributed by atoms with Gasteiger partial charge in [0.25, 0.3) is 0 Å². The number of hydrogen-bond acceptors (Lipinski definition) is 3. The van der Waals surface area contributed by atoms with Crippen LogP contribution in [0.25, 0.3) is 5.69 Å². The third-order valence-corrected chi connectivity index (χ3v) is 2.81. The molecule has 0 aliphatic rings. The number of aromatic amines is 1. The summed E-state index contributed by atoms with van der Waals surface area (Å²) in [6, 6.07) is 7.35. The van der Waals surface area contributed by atoms with E-state index in [1.54, 1.807) is 23.0 Å². The molecule has 1 aromatic carbocycles. The van der Waals surface area contributed by atoms with E-state index in [0.717, 1.165) is 10.2 Å². The Morgan fingerprint density at radius 1 is 1.53 bits per heavy atom. The van der Waals surface area contributed by atoms with Crippen molar-refractivity contribution in [3.05, 3.63) is 39.3 Å². The van der Waals surface area contributed by atoms with E-state index in [-0.39, 0.29) is 0 Å². The number of H-pyrrole nitrogens is 1. The van der Waals surface area contributed by atoms with Crippen LogP contribution in [0, 0.1) is 16.1 Å². The Balaban J connectivity index is 2.61. The molecule has 0 spiro atoms. The zero-order chi connectivity index (χ0) is 10.8. The van der Waals surface area contributed by atoms with Crippen molar-refractivity contribution in [2.75, 3.05) is 0 Å². The maximum Gasteiger partial charge on any atom is 0.199 e. The third kappa shape index (κ3) is 1.84. The van der Waals surface area contributed by atoms with Gasteiger partial charge in [-0.1, -0.05) is 0 Å². The Morgan fingerprint density at radius 3 is 2.87 bits per heavy atom. The zero-order valence-electron chi connectivity index (χ0n) is 7.44. The molecule has 0 saturated carbocycles. The first-order valence-electron chi connectivity index (χ1n) is 4.04. The molecule has 0 atom stereocenters. The van der Waals surface area contributed by atoms with Crippen molar-refractivity contribution < 1.29 is 0 Å². The minimum Gasteiger partial charge on any atom is -0.274 e. The minimum absolute atomic E-state index is 0.514. The van der Waals surface area contributed by atoms with E-state index in [1.165, 1.54) is 0 Å².